The Kier molecular flexibility index (Phi) is 3.72. The van der Waals surface area contributed by atoms with Crippen LogP contribution in [0.25, 0.3) is 0 Å². The van der Waals surface area contributed by atoms with Gasteiger partial charge in [0, 0.05) is 6.54 Å². The molecule has 1 atom stereocenters. The molecule has 1 fully saturated rings. The minimum atomic E-state index is 0.0868. The van der Waals surface area contributed by atoms with Crippen molar-refractivity contribution >= 4 is 5.91 Å². The molecule has 0 spiro atoms. The topological polar surface area (TPSA) is 32.3 Å². The Morgan fingerprint density at radius 1 is 1.62 bits per heavy atom. The summed E-state index contributed by atoms with van der Waals surface area (Å²) >= 11 is 0. The molecule has 0 aromatic carbocycles. The van der Waals surface area contributed by atoms with Gasteiger partial charge in [-0.05, 0) is 12.3 Å². The molecule has 76 valence electrons. The fourth-order valence-electron chi connectivity index (χ4n) is 1.72. The fraction of sp³-hybridized carbons (Fsp3) is 0.900. The minimum absolute atomic E-state index is 0.0868. The number of amides is 1. The van der Waals surface area contributed by atoms with E-state index in [4.69, 9.17) is 0 Å². The summed E-state index contributed by atoms with van der Waals surface area (Å²) in [5.74, 6) is 0.849. The highest BCUT2D eigenvalue weighted by Crippen LogP contribution is 2.10. The number of nitrogens with zero attached hydrogens (tertiary/aromatic N) is 1. The van der Waals surface area contributed by atoms with E-state index in [0.717, 1.165) is 26.1 Å². The lowest BCUT2D eigenvalue weighted by Crippen LogP contribution is -2.32. The standard InChI is InChI=1S/C10H20N2O/c1-4-5-9-10(13)12(7-11-9)6-8(2)3/h8-9,11H,4-7H2,1-3H3. The van der Waals surface area contributed by atoms with E-state index in [1.165, 1.54) is 0 Å². The molecule has 1 N–H and O–H groups in total. The van der Waals surface area contributed by atoms with Gasteiger partial charge in [-0.3, -0.25) is 10.1 Å². The Labute approximate surface area is 80.5 Å². The van der Waals surface area contributed by atoms with E-state index >= 15 is 0 Å². The van der Waals surface area contributed by atoms with E-state index in [9.17, 15) is 4.79 Å². The third kappa shape index (κ3) is 2.69. The molecule has 0 bridgehead atoms. The third-order valence-electron chi connectivity index (χ3n) is 2.30. The van der Waals surface area contributed by atoms with Crippen molar-refractivity contribution in [3.8, 4) is 0 Å². The average molecular weight is 184 g/mol. The van der Waals surface area contributed by atoms with Crippen LogP contribution in [0.1, 0.15) is 33.6 Å². The van der Waals surface area contributed by atoms with Gasteiger partial charge in [-0.25, -0.2) is 0 Å². The smallest absolute Gasteiger partial charge is 0.240 e. The molecule has 0 aromatic heterocycles. The van der Waals surface area contributed by atoms with Crippen LogP contribution >= 0.6 is 0 Å². The van der Waals surface area contributed by atoms with E-state index in [-0.39, 0.29) is 11.9 Å². The molecule has 13 heavy (non-hydrogen) atoms. The molecule has 3 heteroatoms. The lowest BCUT2D eigenvalue weighted by atomic mass is 10.1. The molecule has 1 heterocycles. The van der Waals surface area contributed by atoms with E-state index in [2.05, 4.69) is 26.1 Å². The highest BCUT2D eigenvalue weighted by Gasteiger charge is 2.29. The Morgan fingerprint density at radius 2 is 2.31 bits per heavy atom. The molecule has 1 unspecified atom stereocenters. The van der Waals surface area contributed by atoms with Crippen molar-refractivity contribution in [1.29, 1.82) is 0 Å². The normalized spacial score (nSPS) is 23.2. The summed E-state index contributed by atoms with van der Waals surface area (Å²) in [5.41, 5.74) is 0. The monoisotopic (exact) mass is 184 g/mol. The van der Waals surface area contributed by atoms with E-state index < -0.39 is 0 Å². The van der Waals surface area contributed by atoms with E-state index in [1.807, 2.05) is 4.90 Å². The summed E-state index contributed by atoms with van der Waals surface area (Å²) in [7, 11) is 0. The van der Waals surface area contributed by atoms with Gasteiger partial charge in [0.05, 0.1) is 12.7 Å². The molecule has 1 saturated heterocycles. The first kappa shape index (κ1) is 10.5. The van der Waals surface area contributed by atoms with Crippen LogP contribution in [-0.4, -0.2) is 30.1 Å². The fourth-order valence-corrected chi connectivity index (χ4v) is 1.72. The first-order chi connectivity index (χ1) is 6.15. The number of hydrogen-bond acceptors (Lipinski definition) is 2. The molecule has 1 aliphatic rings. The second-order valence-electron chi connectivity index (χ2n) is 4.16. The maximum absolute atomic E-state index is 11.7. The first-order valence-electron chi connectivity index (χ1n) is 5.17. The lowest BCUT2D eigenvalue weighted by Gasteiger charge is -2.17. The first-order valence-corrected chi connectivity index (χ1v) is 5.17. The van der Waals surface area contributed by atoms with Crippen LogP contribution in [0.3, 0.4) is 0 Å². The van der Waals surface area contributed by atoms with Gasteiger partial charge in [-0.15, -0.1) is 0 Å². The third-order valence-corrected chi connectivity index (χ3v) is 2.30. The number of carbonyl (C=O) groups is 1. The number of hydrogen-bond donors (Lipinski definition) is 1. The van der Waals surface area contributed by atoms with Crippen LogP contribution in [0.4, 0.5) is 0 Å². The van der Waals surface area contributed by atoms with Gasteiger partial charge in [0.15, 0.2) is 0 Å². The molecule has 1 aliphatic heterocycles. The summed E-state index contributed by atoms with van der Waals surface area (Å²) in [6.45, 7) is 8.01. The Balaban J connectivity index is 2.40. The van der Waals surface area contributed by atoms with E-state index in [0.29, 0.717) is 5.92 Å². The van der Waals surface area contributed by atoms with Gasteiger partial charge >= 0.3 is 0 Å². The molecular formula is C10H20N2O. The minimum Gasteiger partial charge on any atom is -0.328 e. The van der Waals surface area contributed by atoms with Gasteiger partial charge < -0.3 is 4.90 Å². The Bertz CT molecular complexity index is 180. The number of carbonyl (C=O) groups excluding carboxylic acids is 1. The zero-order valence-electron chi connectivity index (χ0n) is 8.84. The molecular weight excluding hydrogens is 164 g/mol. The maximum Gasteiger partial charge on any atom is 0.240 e. The summed E-state index contributed by atoms with van der Waals surface area (Å²) < 4.78 is 0. The van der Waals surface area contributed by atoms with Crippen LogP contribution < -0.4 is 5.32 Å². The zero-order chi connectivity index (χ0) is 9.84. The van der Waals surface area contributed by atoms with Crippen molar-refractivity contribution in [1.82, 2.24) is 10.2 Å². The maximum atomic E-state index is 11.7. The molecule has 1 rings (SSSR count). The quantitative estimate of drug-likeness (QED) is 0.712. The SMILES string of the molecule is CCCC1NCN(CC(C)C)C1=O. The second-order valence-corrected chi connectivity index (χ2v) is 4.16. The lowest BCUT2D eigenvalue weighted by molar-refractivity contribution is -0.129. The Morgan fingerprint density at radius 3 is 2.85 bits per heavy atom. The summed E-state index contributed by atoms with van der Waals surface area (Å²) in [6.07, 6.45) is 2.03. The van der Waals surface area contributed by atoms with Gasteiger partial charge in [0.2, 0.25) is 5.91 Å². The van der Waals surface area contributed by atoms with Crippen LogP contribution in [0.2, 0.25) is 0 Å². The van der Waals surface area contributed by atoms with E-state index in [1.54, 1.807) is 0 Å². The van der Waals surface area contributed by atoms with Crippen molar-refractivity contribution in [3.63, 3.8) is 0 Å². The molecule has 0 aromatic rings. The van der Waals surface area contributed by atoms with Crippen molar-refractivity contribution < 1.29 is 4.79 Å². The van der Waals surface area contributed by atoms with Crippen LogP contribution in [0, 0.1) is 5.92 Å². The second kappa shape index (κ2) is 4.61. The highest BCUT2D eigenvalue weighted by molar-refractivity contribution is 5.83. The average Bonchev–Trinajstić information content (AvgIpc) is 2.36. The summed E-state index contributed by atoms with van der Waals surface area (Å²) in [5, 5.41) is 3.24. The molecule has 3 nitrogen and oxygen atoms in total. The van der Waals surface area contributed by atoms with Crippen LogP contribution in [0.5, 0.6) is 0 Å². The molecule has 0 aliphatic carbocycles. The summed E-state index contributed by atoms with van der Waals surface area (Å²) in [4.78, 5) is 13.6. The predicted molar refractivity (Wildman–Crippen MR) is 53.2 cm³/mol. The number of nitrogens with one attached hydrogen (secondary N) is 1. The molecule has 0 saturated carbocycles. The van der Waals surface area contributed by atoms with Crippen molar-refractivity contribution in [2.45, 2.75) is 39.7 Å². The highest BCUT2D eigenvalue weighted by atomic mass is 16.2. The van der Waals surface area contributed by atoms with Crippen molar-refractivity contribution in [2.24, 2.45) is 5.92 Å². The number of rotatable bonds is 4. The van der Waals surface area contributed by atoms with Gasteiger partial charge in [0.25, 0.3) is 0 Å². The van der Waals surface area contributed by atoms with Crippen LogP contribution in [0.15, 0.2) is 0 Å². The van der Waals surface area contributed by atoms with Crippen molar-refractivity contribution in [2.75, 3.05) is 13.2 Å². The van der Waals surface area contributed by atoms with Gasteiger partial charge in [0.1, 0.15) is 0 Å². The van der Waals surface area contributed by atoms with Gasteiger partial charge in [-0.2, -0.15) is 0 Å². The molecule has 1 amide bonds. The van der Waals surface area contributed by atoms with Crippen molar-refractivity contribution in [3.05, 3.63) is 0 Å². The van der Waals surface area contributed by atoms with Crippen LogP contribution in [-0.2, 0) is 4.79 Å². The largest absolute Gasteiger partial charge is 0.328 e. The Hall–Kier alpha value is -0.570. The van der Waals surface area contributed by atoms with Gasteiger partial charge in [-0.1, -0.05) is 27.2 Å². The molecule has 0 radical (unpaired) electrons. The predicted octanol–water partition coefficient (Wildman–Crippen LogP) is 1.20. The summed E-state index contributed by atoms with van der Waals surface area (Å²) in [6, 6.07) is 0.0868. The zero-order valence-corrected chi connectivity index (χ0v) is 8.84.